The fourth-order valence-electron chi connectivity index (χ4n) is 3.61. The van der Waals surface area contributed by atoms with Crippen molar-refractivity contribution in [2.75, 3.05) is 19.5 Å². The van der Waals surface area contributed by atoms with E-state index in [-0.39, 0.29) is 5.91 Å². The van der Waals surface area contributed by atoms with Gasteiger partial charge in [0.1, 0.15) is 0 Å². The Morgan fingerprint density at radius 3 is 2.47 bits per heavy atom. The Hall–Kier alpha value is -4.79. The highest BCUT2D eigenvalue weighted by atomic mass is 16.5. The molecular formula is C25H20N6O3. The molecule has 9 heteroatoms. The maximum Gasteiger partial charge on any atom is 0.259 e. The summed E-state index contributed by atoms with van der Waals surface area (Å²) in [6, 6.07) is 20.1. The SMILES string of the molecule is COc1cccc(C(=O)Nc2ccc(-c3ccc4nnc(-c5cccnc5)n4n3)cc2)c1OC. The summed E-state index contributed by atoms with van der Waals surface area (Å²) in [6.07, 6.45) is 3.43. The van der Waals surface area contributed by atoms with Crippen molar-refractivity contribution in [3.63, 3.8) is 0 Å². The summed E-state index contributed by atoms with van der Waals surface area (Å²) in [7, 11) is 3.03. The van der Waals surface area contributed by atoms with Gasteiger partial charge >= 0.3 is 0 Å². The van der Waals surface area contributed by atoms with Gasteiger partial charge in [-0.3, -0.25) is 9.78 Å². The maximum absolute atomic E-state index is 12.8. The molecule has 168 valence electrons. The quantitative estimate of drug-likeness (QED) is 0.413. The Bertz CT molecular complexity index is 1470. The number of nitrogens with zero attached hydrogens (tertiary/aromatic N) is 5. The molecule has 1 N–H and O–H groups in total. The smallest absolute Gasteiger partial charge is 0.259 e. The zero-order valence-electron chi connectivity index (χ0n) is 18.5. The number of carbonyl (C=O) groups is 1. The number of benzene rings is 2. The molecule has 1 amide bonds. The number of ether oxygens (including phenoxy) is 2. The molecule has 0 unspecified atom stereocenters. The number of rotatable bonds is 6. The van der Waals surface area contributed by atoms with Gasteiger partial charge in [0.25, 0.3) is 5.91 Å². The van der Waals surface area contributed by atoms with E-state index in [1.807, 2.05) is 48.5 Å². The first kappa shape index (κ1) is 21.1. The van der Waals surface area contributed by atoms with Crippen molar-refractivity contribution in [2.45, 2.75) is 0 Å². The largest absolute Gasteiger partial charge is 0.493 e. The molecule has 3 aromatic heterocycles. The monoisotopic (exact) mass is 452 g/mol. The highest BCUT2D eigenvalue weighted by molar-refractivity contribution is 6.06. The molecule has 0 spiro atoms. The Kier molecular flexibility index (Phi) is 5.57. The summed E-state index contributed by atoms with van der Waals surface area (Å²) in [4.78, 5) is 17.0. The predicted molar refractivity (Wildman–Crippen MR) is 127 cm³/mol. The second-order valence-electron chi connectivity index (χ2n) is 7.33. The van der Waals surface area contributed by atoms with Crippen LogP contribution in [-0.4, -0.2) is 44.9 Å². The molecule has 0 aliphatic heterocycles. The predicted octanol–water partition coefficient (Wildman–Crippen LogP) is 4.12. The van der Waals surface area contributed by atoms with Crippen LogP contribution in [0.5, 0.6) is 11.5 Å². The van der Waals surface area contributed by atoms with Gasteiger partial charge in [0.2, 0.25) is 0 Å². The third-order valence-corrected chi connectivity index (χ3v) is 5.27. The number of para-hydroxylation sites is 1. The number of aromatic nitrogens is 5. The van der Waals surface area contributed by atoms with E-state index in [0.717, 1.165) is 16.8 Å². The molecule has 3 heterocycles. The number of amides is 1. The first-order valence-corrected chi connectivity index (χ1v) is 10.4. The van der Waals surface area contributed by atoms with Crippen LogP contribution in [-0.2, 0) is 0 Å². The molecular weight excluding hydrogens is 432 g/mol. The van der Waals surface area contributed by atoms with Gasteiger partial charge in [0.05, 0.1) is 25.5 Å². The summed E-state index contributed by atoms with van der Waals surface area (Å²) in [5.74, 6) is 1.19. The van der Waals surface area contributed by atoms with Crippen LogP contribution in [0.1, 0.15) is 10.4 Å². The van der Waals surface area contributed by atoms with E-state index in [2.05, 4.69) is 20.5 Å². The molecule has 0 radical (unpaired) electrons. The summed E-state index contributed by atoms with van der Waals surface area (Å²) in [5, 5.41) is 16.0. The van der Waals surface area contributed by atoms with E-state index in [0.29, 0.717) is 34.2 Å². The van der Waals surface area contributed by atoms with E-state index in [1.165, 1.54) is 14.2 Å². The first-order chi connectivity index (χ1) is 16.7. The Morgan fingerprint density at radius 1 is 0.882 bits per heavy atom. The van der Waals surface area contributed by atoms with Crippen molar-refractivity contribution in [2.24, 2.45) is 0 Å². The number of nitrogens with one attached hydrogen (secondary N) is 1. The summed E-state index contributed by atoms with van der Waals surface area (Å²) >= 11 is 0. The number of carbonyl (C=O) groups excluding carboxylic acids is 1. The molecule has 0 aliphatic rings. The van der Waals surface area contributed by atoms with Gasteiger partial charge in [-0.2, -0.15) is 9.61 Å². The lowest BCUT2D eigenvalue weighted by molar-refractivity contribution is 0.102. The van der Waals surface area contributed by atoms with E-state index < -0.39 is 0 Å². The lowest BCUT2D eigenvalue weighted by atomic mass is 10.1. The van der Waals surface area contributed by atoms with E-state index in [9.17, 15) is 4.79 Å². The zero-order chi connectivity index (χ0) is 23.5. The van der Waals surface area contributed by atoms with Gasteiger partial charge in [-0.25, -0.2) is 0 Å². The van der Waals surface area contributed by atoms with Crippen molar-refractivity contribution >= 4 is 17.2 Å². The lowest BCUT2D eigenvalue weighted by Gasteiger charge is -2.12. The lowest BCUT2D eigenvalue weighted by Crippen LogP contribution is -2.13. The highest BCUT2D eigenvalue weighted by Gasteiger charge is 2.17. The Labute approximate surface area is 195 Å². The van der Waals surface area contributed by atoms with Crippen LogP contribution in [0, 0.1) is 0 Å². The number of hydrogen-bond acceptors (Lipinski definition) is 7. The van der Waals surface area contributed by atoms with Crippen molar-refractivity contribution in [3.8, 4) is 34.1 Å². The van der Waals surface area contributed by atoms with Crippen molar-refractivity contribution in [1.29, 1.82) is 0 Å². The highest BCUT2D eigenvalue weighted by Crippen LogP contribution is 2.31. The van der Waals surface area contributed by atoms with Gasteiger partial charge in [-0.1, -0.05) is 18.2 Å². The van der Waals surface area contributed by atoms with Crippen molar-refractivity contribution in [3.05, 3.63) is 84.7 Å². The third kappa shape index (κ3) is 3.90. The standard InChI is InChI=1S/C25H20N6O3/c1-33-21-7-3-6-19(23(21)34-2)25(32)27-18-10-8-16(9-11-18)20-12-13-22-28-29-24(31(22)30-20)17-5-4-14-26-15-17/h3-15H,1-2H3,(H,27,32). The third-order valence-electron chi connectivity index (χ3n) is 5.27. The van der Waals surface area contributed by atoms with Gasteiger partial charge < -0.3 is 14.8 Å². The molecule has 0 aliphatic carbocycles. The molecule has 5 rings (SSSR count). The fraction of sp³-hybridized carbons (Fsp3) is 0.0800. The maximum atomic E-state index is 12.8. The minimum absolute atomic E-state index is 0.298. The number of fused-ring (bicyclic) bond motifs is 1. The molecule has 0 atom stereocenters. The summed E-state index contributed by atoms with van der Waals surface area (Å²) in [6.45, 7) is 0. The molecule has 9 nitrogen and oxygen atoms in total. The van der Waals surface area contributed by atoms with Gasteiger partial charge in [-0.05, 0) is 48.5 Å². The van der Waals surface area contributed by atoms with E-state index in [4.69, 9.17) is 14.6 Å². The van der Waals surface area contributed by atoms with Gasteiger partial charge in [-0.15, -0.1) is 10.2 Å². The van der Waals surface area contributed by atoms with Crippen LogP contribution in [0.3, 0.4) is 0 Å². The van der Waals surface area contributed by atoms with Crippen LogP contribution in [0.15, 0.2) is 79.1 Å². The average Bonchev–Trinajstić information content (AvgIpc) is 3.32. The molecule has 34 heavy (non-hydrogen) atoms. The molecule has 2 aromatic carbocycles. The number of hydrogen-bond donors (Lipinski definition) is 1. The van der Waals surface area contributed by atoms with Crippen molar-refractivity contribution in [1.82, 2.24) is 24.8 Å². The van der Waals surface area contributed by atoms with Crippen LogP contribution < -0.4 is 14.8 Å². The topological polar surface area (TPSA) is 104 Å². The van der Waals surface area contributed by atoms with Crippen LogP contribution >= 0.6 is 0 Å². The Balaban J connectivity index is 1.40. The second-order valence-corrected chi connectivity index (χ2v) is 7.33. The summed E-state index contributed by atoms with van der Waals surface area (Å²) < 4.78 is 12.3. The minimum Gasteiger partial charge on any atom is -0.493 e. The van der Waals surface area contributed by atoms with Crippen LogP contribution in [0.4, 0.5) is 5.69 Å². The van der Waals surface area contributed by atoms with Crippen LogP contribution in [0.25, 0.3) is 28.3 Å². The zero-order valence-corrected chi connectivity index (χ0v) is 18.5. The second kappa shape index (κ2) is 8.99. The normalized spacial score (nSPS) is 10.8. The molecule has 0 bridgehead atoms. The average molecular weight is 452 g/mol. The van der Waals surface area contributed by atoms with Gasteiger partial charge in [0, 0.05) is 29.2 Å². The van der Waals surface area contributed by atoms with Crippen molar-refractivity contribution < 1.29 is 14.3 Å². The van der Waals surface area contributed by atoms with Crippen LogP contribution in [0.2, 0.25) is 0 Å². The Morgan fingerprint density at radius 2 is 1.74 bits per heavy atom. The fourth-order valence-corrected chi connectivity index (χ4v) is 3.61. The molecule has 5 aromatic rings. The molecule has 0 fully saturated rings. The van der Waals surface area contributed by atoms with E-state index in [1.54, 1.807) is 35.1 Å². The van der Waals surface area contributed by atoms with E-state index >= 15 is 0 Å². The first-order valence-electron chi connectivity index (χ1n) is 10.4. The minimum atomic E-state index is -0.298. The van der Waals surface area contributed by atoms with Gasteiger partial charge in [0.15, 0.2) is 23.0 Å². The number of pyridine rings is 1. The molecule has 0 saturated carbocycles. The summed E-state index contributed by atoms with van der Waals surface area (Å²) in [5.41, 5.74) is 4.10. The molecule has 0 saturated heterocycles. The number of methoxy groups -OCH3 is 2. The number of anilines is 1.